The molecule has 0 bridgehead atoms. The van der Waals surface area contributed by atoms with Crippen molar-refractivity contribution in [2.24, 2.45) is 0 Å². The van der Waals surface area contributed by atoms with E-state index in [0.29, 0.717) is 22.8 Å². The maximum absolute atomic E-state index is 11.8. The number of hydrogen-bond donors (Lipinski definition) is 2. The molecule has 0 unspecified atom stereocenters. The Morgan fingerprint density at radius 3 is 2.38 bits per heavy atom. The normalized spacial score (nSPS) is 14.4. The molecule has 1 aliphatic heterocycles. The molecule has 1 rings (SSSR count). The number of urea groups is 2. The monoisotopic (exact) mass is 296 g/mol. The third-order valence-electron chi connectivity index (χ3n) is 2.54. The predicted octanol–water partition coefficient (Wildman–Crippen LogP) is -0.801. The molecule has 0 aromatic rings. The second-order valence-electron chi connectivity index (χ2n) is 4.18. The number of imide groups is 3. The van der Waals surface area contributed by atoms with Crippen molar-refractivity contribution in [3.63, 3.8) is 0 Å². The Morgan fingerprint density at radius 2 is 1.81 bits per heavy atom. The van der Waals surface area contributed by atoms with E-state index in [4.69, 9.17) is 0 Å². The zero-order valence-electron chi connectivity index (χ0n) is 11.5. The average Bonchev–Trinajstić information content (AvgIpc) is 2.63. The van der Waals surface area contributed by atoms with E-state index in [1.165, 1.54) is 6.08 Å². The first-order valence-electron chi connectivity index (χ1n) is 6.28. The van der Waals surface area contributed by atoms with Crippen molar-refractivity contribution in [3.05, 3.63) is 12.7 Å². The maximum Gasteiger partial charge on any atom is 0.335 e. The molecule has 0 saturated carbocycles. The van der Waals surface area contributed by atoms with Crippen molar-refractivity contribution in [1.29, 1.82) is 0 Å². The molecule has 0 aliphatic carbocycles. The quantitative estimate of drug-likeness (QED) is 0.378. The van der Waals surface area contributed by atoms with Crippen molar-refractivity contribution in [1.82, 2.24) is 20.4 Å². The lowest BCUT2D eigenvalue weighted by Gasteiger charge is -2.13. The molecule has 0 radical (unpaired) electrons. The minimum absolute atomic E-state index is 0.126. The molecule has 0 aromatic heterocycles. The van der Waals surface area contributed by atoms with Gasteiger partial charge in [-0.25, -0.2) is 14.5 Å². The van der Waals surface area contributed by atoms with Crippen LogP contribution in [0.3, 0.4) is 0 Å². The summed E-state index contributed by atoms with van der Waals surface area (Å²) in [7, 11) is 0. The van der Waals surface area contributed by atoms with Crippen molar-refractivity contribution in [3.8, 4) is 0 Å². The number of amides is 7. The SMILES string of the molecule is C=CCN1C(=O)C(=O)N(CC(=O)NC(=O)NCCC)C1=O. The van der Waals surface area contributed by atoms with Crippen molar-refractivity contribution < 1.29 is 24.0 Å². The van der Waals surface area contributed by atoms with Crippen molar-refractivity contribution >= 4 is 29.8 Å². The van der Waals surface area contributed by atoms with Gasteiger partial charge in [0.05, 0.1) is 0 Å². The highest BCUT2D eigenvalue weighted by molar-refractivity contribution is 6.45. The van der Waals surface area contributed by atoms with Gasteiger partial charge in [-0.15, -0.1) is 6.58 Å². The zero-order chi connectivity index (χ0) is 16.0. The van der Waals surface area contributed by atoms with E-state index in [1.54, 1.807) is 0 Å². The molecule has 2 N–H and O–H groups in total. The molecule has 9 heteroatoms. The molecule has 0 atom stereocenters. The van der Waals surface area contributed by atoms with Gasteiger partial charge in [-0.1, -0.05) is 13.0 Å². The Hall–Kier alpha value is -2.71. The van der Waals surface area contributed by atoms with Crippen LogP contribution in [-0.2, 0) is 14.4 Å². The zero-order valence-corrected chi connectivity index (χ0v) is 11.5. The van der Waals surface area contributed by atoms with Gasteiger partial charge in [0.1, 0.15) is 6.54 Å². The fourth-order valence-electron chi connectivity index (χ4n) is 1.57. The van der Waals surface area contributed by atoms with Gasteiger partial charge < -0.3 is 5.32 Å². The molecular formula is C12H16N4O5. The largest absolute Gasteiger partial charge is 0.338 e. The Morgan fingerprint density at radius 1 is 1.19 bits per heavy atom. The van der Waals surface area contributed by atoms with E-state index in [-0.39, 0.29) is 6.54 Å². The van der Waals surface area contributed by atoms with Gasteiger partial charge >= 0.3 is 23.9 Å². The van der Waals surface area contributed by atoms with E-state index in [0.717, 1.165) is 0 Å². The molecule has 0 spiro atoms. The third-order valence-corrected chi connectivity index (χ3v) is 2.54. The number of rotatable bonds is 6. The summed E-state index contributed by atoms with van der Waals surface area (Å²) in [6.07, 6.45) is 1.97. The summed E-state index contributed by atoms with van der Waals surface area (Å²) in [6, 6.07) is -1.63. The average molecular weight is 296 g/mol. The third kappa shape index (κ3) is 3.88. The highest BCUT2D eigenvalue weighted by atomic mass is 16.2. The Bertz CT molecular complexity index is 502. The summed E-state index contributed by atoms with van der Waals surface area (Å²) in [5, 5.41) is 4.36. The lowest BCUT2D eigenvalue weighted by Crippen LogP contribution is -2.46. The first kappa shape index (κ1) is 16.3. The lowest BCUT2D eigenvalue weighted by atomic mass is 10.4. The standard InChI is InChI=1S/C12H16N4O5/c1-3-5-13-11(20)14-8(17)7-16-10(19)9(18)15(6-4-2)12(16)21/h4H,2-3,5-7H2,1H3,(H2,13,14,17,20). The van der Waals surface area contributed by atoms with Crippen molar-refractivity contribution in [2.75, 3.05) is 19.6 Å². The highest BCUT2D eigenvalue weighted by Gasteiger charge is 2.44. The molecule has 1 heterocycles. The second-order valence-corrected chi connectivity index (χ2v) is 4.18. The van der Waals surface area contributed by atoms with Gasteiger partial charge in [0, 0.05) is 13.1 Å². The van der Waals surface area contributed by atoms with Crippen LogP contribution < -0.4 is 10.6 Å². The second kappa shape index (κ2) is 7.17. The summed E-state index contributed by atoms with van der Waals surface area (Å²) in [6.45, 7) is 4.76. The van der Waals surface area contributed by atoms with E-state index in [1.807, 2.05) is 12.2 Å². The van der Waals surface area contributed by atoms with Crippen LogP contribution in [0.15, 0.2) is 12.7 Å². The van der Waals surface area contributed by atoms with Gasteiger partial charge in [-0.2, -0.15) is 0 Å². The minimum Gasteiger partial charge on any atom is -0.338 e. The summed E-state index contributed by atoms with van der Waals surface area (Å²) < 4.78 is 0. The van der Waals surface area contributed by atoms with Gasteiger partial charge in [0.2, 0.25) is 5.91 Å². The molecule has 0 aromatic carbocycles. The number of hydrogen-bond acceptors (Lipinski definition) is 5. The maximum atomic E-state index is 11.8. The van der Waals surface area contributed by atoms with E-state index >= 15 is 0 Å². The van der Waals surface area contributed by atoms with Crippen LogP contribution in [-0.4, -0.2) is 59.2 Å². The van der Waals surface area contributed by atoms with Gasteiger partial charge in [0.25, 0.3) is 0 Å². The molecule has 1 fully saturated rings. The van der Waals surface area contributed by atoms with E-state index in [2.05, 4.69) is 11.9 Å². The predicted molar refractivity (Wildman–Crippen MR) is 70.9 cm³/mol. The Balaban J connectivity index is 2.62. The number of carbonyl (C=O) groups excluding carboxylic acids is 5. The van der Waals surface area contributed by atoms with Gasteiger partial charge in [-0.3, -0.25) is 24.6 Å². The smallest absolute Gasteiger partial charge is 0.335 e. The molecule has 114 valence electrons. The van der Waals surface area contributed by atoms with Crippen LogP contribution in [0.1, 0.15) is 13.3 Å². The molecule has 7 amide bonds. The fraction of sp³-hybridized carbons (Fsp3) is 0.417. The van der Waals surface area contributed by atoms with Crippen LogP contribution in [0, 0.1) is 0 Å². The molecule has 21 heavy (non-hydrogen) atoms. The summed E-state index contributed by atoms with van der Waals surface area (Å²) in [4.78, 5) is 58.9. The molecule has 9 nitrogen and oxygen atoms in total. The van der Waals surface area contributed by atoms with Crippen LogP contribution in [0.2, 0.25) is 0 Å². The summed E-state index contributed by atoms with van der Waals surface area (Å²) in [5.41, 5.74) is 0. The number of nitrogens with zero attached hydrogens (tertiary/aromatic N) is 2. The Labute approximate surface area is 120 Å². The topological polar surface area (TPSA) is 116 Å². The van der Waals surface area contributed by atoms with E-state index in [9.17, 15) is 24.0 Å². The minimum atomic E-state index is -1.11. The fourth-order valence-corrected chi connectivity index (χ4v) is 1.57. The van der Waals surface area contributed by atoms with Crippen molar-refractivity contribution in [2.45, 2.75) is 13.3 Å². The first-order chi connectivity index (χ1) is 9.92. The molecular weight excluding hydrogens is 280 g/mol. The van der Waals surface area contributed by atoms with Gasteiger partial charge in [0.15, 0.2) is 0 Å². The summed E-state index contributed by atoms with van der Waals surface area (Å²) in [5.74, 6) is -2.99. The van der Waals surface area contributed by atoms with Crippen LogP contribution in [0.5, 0.6) is 0 Å². The highest BCUT2D eigenvalue weighted by Crippen LogP contribution is 2.11. The number of carbonyl (C=O) groups is 5. The summed E-state index contributed by atoms with van der Waals surface area (Å²) >= 11 is 0. The van der Waals surface area contributed by atoms with Crippen LogP contribution in [0.4, 0.5) is 9.59 Å². The van der Waals surface area contributed by atoms with E-state index < -0.39 is 36.3 Å². The first-order valence-corrected chi connectivity index (χ1v) is 6.28. The molecule has 1 aliphatic rings. The molecule has 1 saturated heterocycles. The van der Waals surface area contributed by atoms with Crippen LogP contribution in [0.25, 0.3) is 0 Å². The van der Waals surface area contributed by atoms with Crippen LogP contribution >= 0.6 is 0 Å². The Kier molecular flexibility index (Phi) is 5.58. The number of nitrogens with one attached hydrogen (secondary N) is 2. The lowest BCUT2D eigenvalue weighted by molar-refractivity contribution is -0.143. The van der Waals surface area contributed by atoms with Gasteiger partial charge in [-0.05, 0) is 6.42 Å².